The standard InChI is InChI=1S/C14H32N2O/c1-6-8-14(12-15-9-7-2)16(13(3)4)10-11-17-5/h13-15H,6-12H2,1-5H3. The second-order valence-corrected chi connectivity index (χ2v) is 4.97. The number of nitrogens with one attached hydrogen (secondary N) is 1. The first-order valence-corrected chi connectivity index (χ1v) is 7.12. The van der Waals surface area contributed by atoms with Crippen molar-refractivity contribution in [2.75, 3.05) is 33.4 Å². The van der Waals surface area contributed by atoms with Crippen molar-refractivity contribution in [3.8, 4) is 0 Å². The molecule has 0 saturated heterocycles. The summed E-state index contributed by atoms with van der Waals surface area (Å²) in [5, 5.41) is 3.55. The molecule has 0 saturated carbocycles. The summed E-state index contributed by atoms with van der Waals surface area (Å²) in [6.45, 7) is 13.1. The van der Waals surface area contributed by atoms with E-state index in [-0.39, 0.29) is 0 Å². The molecule has 0 radical (unpaired) electrons. The predicted molar refractivity (Wildman–Crippen MR) is 75.6 cm³/mol. The monoisotopic (exact) mass is 244 g/mol. The highest BCUT2D eigenvalue weighted by atomic mass is 16.5. The lowest BCUT2D eigenvalue weighted by molar-refractivity contribution is 0.0906. The van der Waals surface area contributed by atoms with Crippen molar-refractivity contribution in [3.63, 3.8) is 0 Å². The van der Waals surface area contributed by atoms with Gasteiger partial charge in [-0.3, -0.25) is 4.90 Å². The van der Waals surface area contributed by atoms with E-state index in [0.29, 0.717) is 12.1 Å². The van der Waals surface area contributed by atoms with E-state index in [1.165, 1.54) is 19.3 Å². The van der Waals surface area contributed by atoms with Crippen LogP contribution in [0, 0.1) is 0 Å². The summed E-state index contributed by atoms with van der Waals surface area (Å²) in [6, 6.07) is 1.23. The zero-order valence-electron chi connectivity index (χ0n) is 12.5. The summed E-state index contributed by atoms with van der Waals surface area (Å²) in [6.07, 6.45) is 3.71. The maximum Gasteiger partial charge on any atom is 0.0589 e. The molecule has 0 fully saturated rings. The first-order chi connectivity index (χ1) is 8.17. The molecular formula is C14H32N2O. The van der Waals surface area contributed by atoms with Crippen molar-refractivity contribution in [2.24, 2.45) is 0 Å². The second kappa shape index (κ2) is 11.0. The normalized spacial score (nSPS) is 13.6. The number of hydrogen-bond donors (Lipinski definition) is 1. The van der Waals surface area contributed by atoms with E-state index < -0.39 is 0 Å². The Bertz CT molecular complexity index is 162. The van der Waals surface area contributed by atoms with Crippen LogP contribution in [0.25, 0.3) is 0 Å². The van der Waals surface area contributed by atoms with Gasteiger partial charge in [0.25, 0.3) is 0 Å². The van der Waals surface area contributed by atoms with E-state index >= 15 is 0 Å². The minimum absolute atomic E-state index is 0.588. The summed E-state index contributed by atoms with van der Waals surface area (Å²) in [5.41, 5.74) is 0. The third-order valence-corrected chi connectivity index (χ3v) is 3.11. The first-order valence-electron chi connectivity index (χ1n) is 7.12. The molecule has 3 nitrogen and oxygen atoms in total. The smallest absolute Gasteiger partial charge is 0.0589 e. The number of hydrogen-bond acceptors (Lipinski definition) is 3. The van der Waals surface area contributed by atoms with E-state index in [1.807, 2.05) is 0 Å². The van der Waals surface area contributed by atoms with E-state index in [9.17, 15) is 0 Å². The van der Waals surface area contributed by atoms with Gasteiger partial charge in [-0.15, -0.1) is 0 Å². The lowest BCUT2D eigenvalue weighted by Crippen LogP contribution is -2.47. The van der Waals surface area contributed by atoms with Crippen LogP contribution < -0.4 is 5.32 Å². The summed E-state index contributed by atoms with van der Waals surface area (Å²) < 4.78 is 5.21. The Hall–Kier alpha value is -0.120. The fraction of sp³-hybridized carbons (Fsp3) is 1.00. The highest BCUT2D eigenvalue weighted by molar-refractivity contribution is 4.76. The first kappa shape index (κ1) is 16.9. The van der Waals surface area contributed by atoms with Crippen molar-refractivity contribution in [3.05, 3.63) is 0 Å². The Kier molecular flexibility index (Phi) is 10.9. The van der Waals surface area contributed by atoms with E-state index in [4.69, 9.17) is 4.74 Å². The van der Waals surface area contributed by atoms with Gasteiger partial charge in [-0.05, 0) is 33.2 Å². The third kappa shape index (κ3) is 7.74. The van der Waals surface area contributed by atoms with Gasteiger partial charge in [-0.25, -0.2) is 0 Å². The molecule has 17 heavy (non-hydrogen) atoms. The van der Waals surface area contributed by atoms with Crippen LogP contribution in [0.1, 0.15) is 47.0 Å². The molecule has 0 rings (SSSR count). The Morgan fingerprint density at radius 2 is 1.88 bits per heavy atom. The molecule has 0 bridgehead atoms. The predicted octanol–water partition coefficient (Wildman–Crippen LogP) is 2.51. The maximum atomic E-state index is 5.21. The van der Waals surface area contributed by atoms with Crippen molar-refractivity contribution in [1.82, 2.24) is 10.2 Å². The van der Waals surface area contributed by atoms with Gasteiger partial charge in [0.1, 0.15) is 0 Å². The molecule has 104 valence electrons. The Morgan fingerprint density at radius 3 is 2.35 bits per heavy atom. The Labute approximate surface area is 108 Å². The van der Waals surface area contributed by atoms with Crippen LogP contribution in [0.4, 0.5) is 0 Å². The lowest BCUT2D eigenvalue weighted by atomic mass is 10.1. The summed E-state index contributed by atoms with van der Waals surface area (Å²) in [4.78, 5) is 2.57. The molecule has 3 heteroatoms. The second-order valence-electron chi connectivity index (χ2n) is 4.97. The quantitative estimate of drug-likeness (QED) is 0.565. The molecule has 0 spiro atoms. The van der Waals surface area contributed by atoms with Gasteiger partial charge in [-0.2, -0.15) is 0 Å². The zero-order chi connectivity index (χ0) is 13.1. The zero-order valence-corrected chi connectivity index (χ0v) is 12.5. The van der Waals surface area contributed by atoms with E-state index in [2.05, 4.69) is 37.9 Å². The average Bonchev–Trinajstić information content (AvgIpc) is 2.29. The van der Waals surface area contributed by atoms with Crippen molar-refractivity contribution < 1.29 is 4.74 Å². The molecule has 0 amide bonds. The van der Waals surface area contributed by atoms with E-state index in [1.54, 1.807) is 7.11 Å². The molecule has 0 aromatic rings. The van der Waals surface area contributed by atoms with Gasteiger partial charge in [0.05, 0.1) is 6.61 Å². The average molecular weight is 244 g/mol. The molecule has 0 heterocycles. The van der Waals surface area contributed by atoms with Crippen LogP contribution in [0.5, 0.6) is 0 Å². The van der Waals surface area contributed by atoms with Crippen LogP contribution in [-0.4, -0.2) is 50.3 Å². The van der Waals surface area contributed by atoms with Crippen LogP contribution in [0.15, 0.2) is 0 Å². The molecule has 1 N–H and O–H groups in total. The van der Waals surface area contributed by atoms with Gasteiger partial charge in [0.15, 0.2) is 0 Å². The topological polar surface area (TPSA) is 24.5 Å². The maximum absolute atomic E-state index is 5.21. The molecule has 0 aromatic heterocycles. The van der Waals surface area contributed by atoms with Crippen molar-refractivity contribution in [2.45, 2.75) is 59.0 Å². The Morgan fingerprint density at radius 1 is 1.18 bits per heavy atom. The highest BCUT2D eigenvalue weighted by Gasteiger charge is 2.19. The third-order valence-electron chi connectivity index (χ3n) is 3.11. The lowest BCUT2D eigenvalue weighted by Gasteiger charge is -2.35. The fourth-order valence-corrected chi connectivity index (χ4v) is 2.22. The summed E-state index contributed by atoms with van der Waals surface area (Å²) >= 11 is 0. The van der Waals surface area contributed by atoms with Crippen molar-refractivity contribution >= 4 is 0 Å². The van der Waals surface area contributed by atoms with Gasteiger partial charge in [0.2, 0.25) is 0 Å². The molecule has 0 aliphatic heterocycles. The van der Waals surface area contributed by atoms with Gasteiger partial charge >= 0.3 is 0 Å². The SMILES string of the molecule is CCCNCC(CCC)N(CCOC)C(C)C. The fourth-order valence-electron chi connectivity index (χ4n) is 2.22. The molecular weight excluding hydrogens is 212 g/mol. The summed E-state index contributed by atoms with van der Waals surface area (Å²) in [7, 11) is 1.78. The highest BCUT2D eigenvalue weighted by Crippen LogP contribution is 2.10. The number of ether oxygens (including phenoxy) is 1. The van der Waals surface area contributed by atoms with Crippen LogP contribution >= 0.6 is 0 Å². The number of methoxy groups -OCH3 is 1. The van der Waals surface area contributed by atoms with Crippen LogP contribution in [0.3, 0.4) is 0 Å². The molecule has 0 aliphatic rings. The van der Waals surface area contributed by atoms with Crippen LogP contribution in [-0.2, 0) is 4.74 Å². The molecule has 0 aliphatic carbocycles. The van der Waals surface area contributed by atoms with E-state index in [0.717, 1.165) is 26.2 Å². The van der Waals surface area contributed by atoms with Crippen molar-refractivity contribution in [1.29, 1.82) is 0 Å². The van der Waals surface area contributed by atoms with Gasteiger partial charge < -0.3 is 10.1 Å². The largest absolute Gasteiger partial charge is 0.383 e. The minimum Gasteiger partial charge on any atom is -0.383 e. The molecule has 1 unspecified atom stereocenters. The minimum atomic E-state index is 0.588. The van der Waals surface area contributed by atoms with Crippen LogP contribution in [0.2, 0.25) is 0 Å². The molecule has 1 atom stereocenters. The molecule has 0 aromatic carbocycles. The Balaban J connectivity index is 4.25. The summed E-state index contributed by atoms with van der Waals surface area (Å²) in [5.74, 6) is 0. The number of nitrogens with zero attached hydrogens (tertiary/aromatic N) is 1. The van der Waals surface area contributed by atoms with Gasteiger partial charge in [-0.1, -0.05) is 20.3 Å². The van der Waals surface area contributed by atoms with Gasteiger partial charge in [0, 0.05) is 32.3 Å². The number of rotatable bonds is 11.